The van der Waals surface area contributed by atoms with Gasteiger partial charge in [0.25, 0.3) is 0 Å². The molecule has 0 aliphatic rings. The first kappa shape index (κ1) is 11.0. The van der Waals surface area contributed by atoms with E-state index in [4.69, 9.17) is 5.26 Å². The van der Waals surface area contributed by atoms with Crippen LogP contribution in [0, 0.1) is 17.1 Å². The van der Waals surface area contributed by atoms with Crippen molar-refractivity contribution in [1.29, 1.82) is 5.26 Å². The van der Waals surface area contributed by atoms with Crippen molar-refractivity contribution in [1.82, 2.24) is 10.2 Å². The van der Waals surface area contributed by atoms with Crippen molar-refractivity contribution in [3.8, 4) is 17.3 Å². The van der Waals surface area contributed by atoms with E-state index >= 15 is 0 Å². The molecule has 1 N–H and O–H groups in total. The van der Waals surface area contributed by atoms with E-state index in [2.05, 4.69) is 15.5 Å². The highest BCUT2D eigenvalue weighted by atomic mass is 19.1. The Morgan fingerprint density at radius 2 is 2.06 bits per heavy atom. The van der Waals surface area contributed by atoms with Gasteiger partial charge in [-0.1, -0.05) is 0 Å². The molecule has 84 valence electrons. The summed E-state index contributed by atoms with van der Waals surface area (Å²) in [6.07, 6.45) is 0. The minimum atomic E-state index is -0.460. The topological polar surface area (TPSA) is 61.6 Å². The van der Waals surface area contributed by atoms with Crippen LogP contribution in [0.3, 0.4) is 0 Å². The fourth-order valence-corrected chi connectivity index (χ4v) is 1.42. The van der Waals surface area contributed by atoms with Gasteiger partial charge >= 0.3 is 0 Å². The largest absolute Gasteiger partial charge is 0.372 e. The highest BCUT2D eigenvalue weighted by molar-refractivity contribution is 5.61. The average molecular weight is 228 g/mol. The summed E-state index contributed by atoms with van der Waals surface area (Å²) in [5, 5.41) is 19.4. The van der Waals surface area contributed by atoms with Crippen LogP contribution in [0.15, 0.2) is 30.3 Å². The number of nitriles is 1. The van der Waals surface area contributed by atoms with E-state index in [1.165, 1.54) is 12.1 Å². The molecule has 0 bridgehead atoms. The summed E-state index contributed by atoms with van der Waals surface area (Å²) in [6.45, 7) is 0. The number of anilines is 1. The summed E-state index contributed by atoms with van der Waals surface area (Å²) in [7, 11) is 1.74. The van der Waals surface area contributed by atoms with E-state index in [0.29, 0.717) is 17.1 Å². The molecule has 1 heterocycles. The Bertz CT molecular complexity index is 572. The molecule has 0 saturated heterocycles. The molecular weight excluding hydrogens is 219 g/mol. The van der Waals surface area contributed by atoms with Gasteiger partial charge in [0.2, 0.25) is 0 Å². The highest BCUT2D eigenvalue weighted by Crippen LogP contribution is 2.19. The number of nitrogens with zero attached hydrogens (tertiary/aromatic N) is 3. The summed E-state index contributed by atoms with van der Waals surface area (Å²) in [6, 6.07) is 9.43. The molecule has 2 rings (SSSR count). The Balaban J connectivity index is 2.45. The lowest BCUT2D eigenvalue weighted by Gasteiger charge is -2.02. The van der Waals surface area contributed by atoms with Crippen LogP contribution in [0.2, 0.25) is 0 Å². The normalized spacial score (nSPS) is 9.71. The Kier molecular flexibility index (Phi) is 2.97. The van der Waals surface area contributed by atoms with Crippen molar-refractivity contribution >= 4 is 5.82 Å². The Morgan fingerprint density at radius 1 is 1.24 bits per heavy atom. The van der Waals surface area contributed by atoms with Crippen LogP contribution in [0.4, 0.5) is 10.2 Å². The zero-order chi connectivity index (χ0) is 12.3. The maximum Gasteiger partial charge on any atom is 0.148 e. The molecule has 5 heteroatoms. The van der Waals surface area contributed by atoms with Crippen molar-refractivity contribution in [2.45, 2.75) is 0 Å². The van der Waals surface area contributed by atoms with E-state index in [0.717, 1.165) is 0 Å². The summed E-state index contributed by atoms with van der Waals surface area (Å²) in [4.78, 5) is 0. The molecule has 0 aliphatic heterocycles. The molecule has 0 unspecified atom stereocenters. The lowest BCUT2D eigenvalue weighted by atomic mass is 10.1. The molecule has 0 saturated carbocycles. The molecule has 2 aromatic rings. The lowest BCUT2D eigenvalue weighted by Crippen LogP contribution is -1.95. The summed E-state index contributed by atoms with van der Waals surface area (Å²) in [5.74, 6) is 0.171. The fraction of sp³-hybridized carbons (Fsp3) is 0.0833. The van der Waals surface area contributed by atoms with Crippen LogP contribution < -0.4 is 5.32 Å². The first-order valence-corrected chi connectivity index (χ1v) is 4.95. The van der Waals surface area contributed by atoms with Gasteiger partial charge in [0, 0.05) is 12.6 Å². The summed E-state index contributed by atoms with van der Waals surface area (Å²) >= 11 is 0. The third-order valence-corrected chi connectivity index (χ3v) is 2.24. The van der Waals surface area contributed by atoms with Crippen molar-refractivity contribution in [3.63, 3.8) is 0 Å². The number of halogens is 1. The molecule has 0 fully saturated rings. The third-order valence-electron chi connectivity index (χ3n) is 2.24. The number of hydrogen-bond acceptors (Lipinski definition) is 4. The molecule has 0 spiro atoms. The van der Waals surface area contributed by atoms with Gasteiger partial charge in [-0.05, 0) is 30.3 Å². The van der Waals surface area contributed by atoms with Gasteiger partial charge in [-0.25, -0.2) is 4.39 Å². The number of aromatic nitrogens is 2. The molecule has 0 atom stereocenters. The maximum absolute atomic E-state index is 13.2. The van der Waals surface area contributed by atoms with Crippen molar-refractivity contribution in [3.05, 3.63) is 41.7 Å². The Hall–Kier alpha value is -2.48. The zero-order valence-corrected chi connectivity index (χ0v) is 9.11. The van der Waals surface area contributed by atoms with Crippen LogP contribution in [-0.4, -0.2) is 17.2 Å². The van der Waals surface area contributed by atoms with E-state index in [1.807, 2.05) is 6.07 Å². The van der Waals surface area contributed by atoms with Crippen molar-refractivity contribution in [2.24, 2.45) is 0 Å². The van der Waals surface area contributed by atoms with E-state index in [-0.39, 0.29) is 5.56 Å². The molecule has 4 nitrogen and oxygen atoms in total. The number of benzene rings is 1. The fourth-order valence-electron chi connectivity index (χ4n) is 1.42. The van der Waals surface area contributed by atoms with Gasteiger partial charge in [-0.15, -0.1) is 10.2 Å². The van der Waals surface area contributed by atoms with Crippen LogP contribution in [0.1, 0.15) is 5.56 Å². The number of nitrogens with one attached hydrogen (secondary N) is 1. The average Bonchev–Trinajstić information content (AvgIpc) is 2.38. The predicted octanol–water partition coefficient (Wildman–Crippen LogP) is 2.20. The van der Waals surface area contributed by atoms with Gasteiger partial charge in [-0.2, -0.15) is 5.26 Å². The zero-order valence-electron chi connectivity index (χ0n) is 9.11. The minimum Gasteiger partial charge on any atom is -0.372 e. The van der Waals surface area contributed by atoms with E-state index < -0.39 is 5.82 Å². The molecule has 1 aromatic carbocycles. The standard InChI is InChI=1S/C12H9FN4/c1-15-12-3-2-11(16-17-12)9-4-8(7-14)5-10(13)6-9/h2-6H,1H3,(H,15,17). The van der Waals surface area contributed by atoms with Crippen LogP contribution in [0.25, 0.3) is 11.3 Å². The summed E-state index contributed by atoms with van der Waals surface area (Å²) < 4.78 is 13.2. The van der Waals surface area contributed by atoms with Gasteiger partial charge in [0.1, 0.15) is 11.6 Å². The number of hydrogen-bond donors (Lipinski definition) is 1. The van der Waals surface area contributed by atoms with E-state index in [9.17, 15) is 4.39 Å². The monoisotopic (exact) mass is 228 g/mol. The van der Waals surface area contributed by atoms with Gasteiger partial charge in [0.05, 0.1) is 17.3 Å². The molecule has 0 radical (unpaired) electrons. The highest BCUT2D eigenvalue weighted by Gasteiger charge is 2.05. The van der Waals surface area contributed by atoms with Gasteiger partial charge in [-0.3, -0.25) is 0 Å². The summed E-state index contributed by atoms with van der Waals surface area (Å²) in [5.41, 5.74) is 1.33. The van der Waals surface area contributed by atoms with E-state index in [1.54, 1.807) is 25.2 Å². The molecule has 0 amide bonds. The maximum atomic E-state index is 13.2. The van der Waals surface area contributed by atoms with Crippen molar-refractivity contribution in [2.75, 3.05) is 12.4 Å². The van der Waals surface area contributed by atoms with Gasteiger partial charge in [0.15, 0.2) is 0 Å². The minimum absolute atomic E-state index is 0.263. The third kappa shape index (κ3) is 2.37. The predicted molar refractivity (Wildman–Crippen MR) is 61.7 cm³/mol. The second-order valence-electron chi connectivity index (χ2n) is 3.39. The molecular formula is C12H9FN4. The van der Waals surface area contributed by atoms with Crippen LogP contribution in [-0.2, 0) is 0 Å². The van der Waals surface area contributed by atoms with Gasteiger partial charge < -0.3 is 5.32 Å². The first-order valence-electron chi connectivity index (χ1n) is 4.95. The number of rotatable bonds is 2. The smallest absolute Gasteiger partial charge is 0.148 e. The second-order valence-corrected chi connectivity index (χ2v) is 3.39. The molecule has 1 aromatic heterocycles. The lowest BCUT2D eigenvalue weighted by molar-refractivity contribution is 0.627. The second kappa shape index (κ2) is 4.58. The quantitative estimate of drug-likeness (QED) is 0.855. The molecule has 0 aliphatic carbocycles. The Morgan fingerprint density at radius 3 is 2.65 bits per heavy atom. The van der Waals surface area contributed by atoms with Crippen molar-refractivity contribution < 1.29 is 4.39 Å². The van der Waals surface area contributed by atoms with Crippen LogP contribution >= 0.6 is 0 Å². The first-order chi connectivity index (χ1) is 8.22. The molecule has 17 heavy (non-hydrogen) atoms. The Labute approximate surface area is 97.7 Å². The SMILES string of the molecule is CNc1ccc(-c2cc(F)cc(C#N)c2)nn1. The van der Waals surface area contributed by atoms with Crippen LogP contribution in [0.5, 0.6) is 0 Å².